The summed E-state index contributed by atoms with van der Waals surface area (Å²) in [5.41, 5.74) is 0.384. The van der Waals surface area contributed by atoms with Gasteiger partial charge in [-0.3, -0.25) is 0 Å². The van der Waals surface area contributed by atoms with Crippen molar-refractivity contribution in [1.82, 2.24) is 4.72 Å². The van der Waals surface area contributed by atoms with Crippen molar-refractivity contribution < 1.29 is 23.4 Å². The fourth-order valence-corrected chi connectivity index (χ4v) is 3.70. The number of aliphatic hydroxyl groups excluding tert-OH is 1. The Kier molecular flexibility index (Phi) is 5.08. The van der Waals surface area contributed by atoms with E-state index in [1.165, 1.54) is 13.0 Å². The first-order valence-electron chi connectivity index (χ1n) is 5.35. The summed E-state index contributed by atoms with van der Waals surface area (Å²) in [4.78, 5) is 10.8. The van der Waals surface area contributed by atoms with Gasteiger partial charge in [0.15, 0.2) is 0 Å². The van der Waals surface area contributed by atoms with Gasteiger partial charge >= 0.3 is 5.97 Å². The normalized spacial score (nSPS) is 13.3. The number of sulfonamides is 1. The van der Waals surface area contributed by atoms with E-state index in [1.54, 1.807) is 6.92 Å². The van der Waals surface area contributed by atoms with E-state index in [0.29, 0.717) is 10.0 Å². The number of aryl methyl sites for hydroxylation is 1. The van der Waals surface area contributed by atoms with Gasteiger partial charge in [0.25, 0.3) is 0 Å². The summed E-state index contributed by atoms with van der Waals surface area (Å²) in [7, 11) is -3.90. The van der Waals surface area contributed by atoms with Crippen molar-refractivity contribution in [2.75, 3.05) is 6.61 Å². The number of aromatic carboxylic acids is 1. The van der Waals surface area contributed by atoms with Gasteiger partial charge in [0.2, 0.25) is 10.0 Å². The molecule has 0 aliphatic rings. The van der Waals surface area contributed by atoms with Crippen LogP contribution in [-0.2, 0) is 10.0 Å². The number of benzene rings is 1. The van der Waals surface area contributed by atoms with Crippen LogP contribution in [0.1, 0.15) is 22.8 Å². The Labute approximate surface area is 119 Å². The largest absolute Gasteiger partial charge is 0.478 e. The first-order chi connectivity index (χ1) is 8.69. The van der Waals surface area contributed by atoms with Crippen molar-refractivity contribution in [1.29, 1.82) is 0 Å². The van der Waals surface area contributed by atoms with E-state index < -0.39 is 22.0 Å². The van der Waals surface area contributed by atoms with Crippen LogP contribution in [0.2, 0.25) is 0 Å². The maximum atomic E-state index is 12.1. The summed E-state index contributed by atoms with van der Waals surface area (Å²) in [6, 6.07) is 1.79. The number of nitrogens with one attached hydrogen (secondary N) is 1. The summed E-state index contributed by atoms with van der Waals surface area (Å²) < 4.78 is 26.8. The second-order valence-electron chi connectivity index (χ2n) is 4.12. The molecule has 0 aliphatic carbocycles. The van der Waals surface area contributed by atoms with Gasteiger partial charge in [-0.1, -0.05) is 0 Å². The molecule has 1 aromatic carbocycles. The molecule has 106 valence electrons. The summed E-state index contributed by atoms with van der Waals surface area (Å²) >= 11 is 3.14. The van der Waals surface area contributed by atoms with E-state index >= 15 is 0 Å². The molecular weight excluding hydrogens is 338 g/mol. The van der Waals surface area contributed by atoms with Crippen LogP contribution in [0.3, 0.4) is 0 Å². The van der Waals surface area contributed by atoms with E-state index in [1.807, 2.05) is 0 Å². The molecule has 3 N–H and O–H groups in total. The number of carboxylic acid groups (broad SMARTS) is 1. The van der Waals surface area contributed by atoms with Crippen LogP contribution < -0.4 is 4.72 Å². The Bertz CT molecular complexity index is 599. The minimum atomic E-state index is -3.90. The predicted octanol–water partition coefficient (Wildman–Crippen LogP) is 1.11. The van der Waals surface area contributed by atoms with E-state index in [4.69, 9.17) is 10.2 Å². The molecule has 0 radical (unpaired) electrons. The van der Waals surface area contributed by atoms with Gasteiger partial charge in [-0.2, -0.15) is 0 Å². The molecule has 1 rings (SSSR count). The number of aliphatic hydroxyl groups is 1. The average Bonchev–Trinajstić information content (AvgIpc) is 2.31. The molecular formula is C11H14BrNO5S. The highest BCUT2D eigenvalue weighted by Gasteiger charge is 2.23. The maximum Gasteiger partial charge on any atom is 0.335 e. The zero-order valence-corrected chi connectivity index (χ0v) is 12.7. The lowest BCUT2D eigenvalue weighted by molar-refractivity contribution is 0.0696. The van der Waals surface area contributed by atoms with Crippen molar-refractivity contribution in [2.45, 2.75) is 24.8 Å². The van der Waals surface area contributed by atoms with Crippen LogP contribution in [0, 0.1) is 6.92 Å². The molecule has 0 saturated heterocycles. The minimum absolute atomic E-state index is 0.113. The molecule has 0 amide bonds. The molecule has 19 heavy (non-hydrogen) atoms. The smallest absolute Gasteiger partial charge is 0.335 e. The van der Waals surface area contributed by atoms with Crippen LogP contribution >= 0.6 is 15.9 Å². The zero-order valence-electron chi connectivity index (χ0n) is 10.3. The minimum Gasteiger partial charge on any atom is -0.478 e. The topological polar surface area (TPSA) is 104 Å². The number of rotatable bonds is 5. The van der Waals surface area contributed by atoms with Crippen molar-refractivity contribution in [3.05, 3.63) is 27.7 Å². The Morgan fingerprint density at radius 2 is 2.05 bits per heavy atom. The molecule has 1 atom stereocenters. The Morgan fingerprint density at radius 1 is 1.47 bits per heavy atom. The summed E-state index contributed by atoms with van der Waals surface area (Å²) in [5, 5.41) is 17.8. The first kappa shape index (κ1) is 16.1. The highest BCUT2D eigenvalue weighted by atomic mass is 79.9. The molecule has 0 unspecified atom stereocenters. The first-order valence-corrected chi connectivity index (χ1v) is 7.63. The van der Waals surface area contributed by atoms with Gasteiger partial charge in [-0.05, 0) is 47.5 Å². The highest BCUT2D eigenvalue weighted by Crippen LogP contribution is 2.27. The predicted molar refractivity (Wildman–Crippen MR) is 72.7 cm³/mol. The lowest BCUT2D eigenvalue weighted by Gasteiger charge is -2.14. The molecule has 1 aromatic rings. The lowest BCUT2D eigenvalue weighted by Crippen LogP contribution is -2.35. The molecule has 0 heterocycles. The molecule has 0 spiro atoms. The molecule has 0 aliphatic heterocycles. The third kappa shape index (κ3) is 3.75. The molecule has 0 bridgehead atoms. The van der Waals surface area contributed by atoms with E-state index in [2.05, 4.69) is 20.7 Å². The monoisotopic (exact) mass is 351 g/mol. The molecule has 8 heteroatoms. The van der Waals surface area contributed by atoms with Gasteiger partial charge in [0.05, 0.1) is 17.1 Å². The fraction of sp³-hybridized carbons (Fsp3) is 0.364. The van der Waals surface area contributed by atoms with Gasteiger partial charge < -0.3 is 10.2 Å². The van der Waals surface area contributed by atoms with Gasteiger partial charge in [-0.25, -0.2) is 17.9 Å². The third-order valence-electron chi connectivity index (χ3n) is 2.39. The van der Waals surface area contributed by atoms with E-state index in [9.17, 15) is 13.2 Å². The van der Waals surface area contributed by atoms with Crippen LogP contribution in [0.5, 0.6) is 0 Å². The van der Waals surface area contributed by atoms with Gasteiger partial charge in [0, 0.05) is 10.5 Å². The number of carbonyl (C=O) groups is 1. The van der Waals surface area contributed by atoms with Gasteiger partial charge in [-0.15, -0.1) is 0 Å². The number of hydrogen-bond donors (Lipinski definition) is 3. The molecule has 0 aromatic heterocycles. The average molecular weight is 352 g/mol. The Morgan fingerprint density at radius 3 is 2.53 bits per heavy atom. The van der Waals surface area contributed by atoms with Crippen LogP contribution in [0.4, 0.5) is 0 Å². The summed E-state index contributed by atoms with van der Waals surface area (Å²) in [6.07, 6.45) is 0. The van der Waals surface area contributed by atoms with Crippen molar-refractivity contribution in [3.8, 4) is 0 Å². The van der Waals surface area contributed by atoms with Crippen LogP contribution in [-0.4, -0.2) is 37.2 Å². The maximum absolute atomic E-state index is 12.1. The number of halogens is 1. The molecule has 0 saturated carbocycles. The summed E-state index contributed by atoms with van der Waals surface area (Å²) in [5.74, 6) is -1.21. The van der Waals surface area contributed by atoms with Gasteiger partial charge in [0.1, 0.15) is 0 Å². The number of carboxylic acids is 1. The van der Waals surface area contributed by atoms with Crippen molar-refractivity contribution in [3.63, 3.8) is 0 Å². The highest BCUT2D eigenvalue weighted by molar-refractivity contribution is 9.10. The second kappa shape index (κ2) is 6.00. The van der Waals surface area contributed by atoms with Crippen LogP contribution in [0.25, 0.3) is 0 Å². The fourth-order valence-electron chi connectivity index (χ4n) is 1.42. The number of hydrogen-bond acceptors (Lipinski definition) is 4. The van der Waals surface area contributed by atoms with E-state index in [-0.39, 0.29) is 17.1 Å². The Balaban J connectivity index is 3.37. The quantitative estimate of drug-likeness (QED) is 0.737. The lowest BCUT2D eigenvalue weighted by atomic mass is 10.1. The third-order valence-corrected chi connectivity index (χ3v) is 5.32. The van der Waals surface area contributed by atoms with Crippen molar-refractivity contribution >= 4 is 31.9 Å². The molecule has 6 nitrogen and oxygen atoms in total. The standard InChI is InChI=1S/C11H14BrNO5S/c1-6-3-8(11(15)16)4-9(10(6)12)19(17,18)13-7(2)5-14/h3-4,7,13-14H,5H2,1-2H3,(H,15,16)/t7-/m1/s1. The molecule has 0 fully saturated rings. The van der Waals surface area contributed by atoms with E-state index in [0.717, 1.165) is 6.07 Å². The Hall–Kier alpha value is -0.960. The van der Waals surface area contributed by atoms with Crippen molar-refractivity contribution in [2.24, 2.45) is 0 Å². The summed E-state index contributed by atoms with van der Waals surface area (Å²) in [6.45, 7) is 2.75. The second-order valence-corrected chi connectivity index (χ2v) is 6.59. The zero-order chi connectivity index (χ0) is 14.8. The SMILES string of the molecule is Cc1cc(C(=O)O)cc(S(=O)(=O)N[C@H](C)CO)c1Br. The van der Waals surface area contributed by atoms with Crippen LogP contribution in [0.15, 0.2) is 21.5 Å².